The van der Waals surface area contributed by atoms with E-state index in [1.54, 1.807) is 12.1 Å². The summed E-state index contributed by atoms with van der Waals surface area (Å²) in [6, 6.07) is 7.61. The van der Waals surface area contributed by atoms with E-state index in [9.17, 15) is 4.79 Å². The second-order valence-electron chi connectivity index (χ2n) is 4.54. The van der Waals surface area contributed by atoms with Gasteiger partial charge in [0.15, 0.2) is 0 Å². The third-order valence-corrected chi connectivity index (χ3v) is 3.43. The Hall–Kier alpha value is -1.39. The fourth-order valence-electron chi connectivity index (χ4n) is 2.30. The van der Waals surface area contributed by atoms with Crippen LogP contribution in [0.25, 0.3) is 0 Å². The summed E-state index contributed by atoms with van der Waals surface area (Å²) in [4.78, 5) is 10.7. The second-order valence-corrected chi connectivity index (χ2v) is 4.54. The largest absolute Gasteiger partial charge is 0.478 e. The van der Waals surface area contributed by atoms with Crippen molar-refractivity contribution in [2.75, 3.05) is 13.1 Å². The molecule has 17 heavy (non-hydrogen) atoms. The number of nitrogens with two attached hydrogens (primary N) is 1. The Bertz CT molecular complexity index is 381. The zero-order valence-corrected chi connectivity index (χ0v) is 9.73. The van der Waals surface area contributed by atoms with E-state index in [2.05, 4.69) is 5.32 Å². The molecule has 1 fully saturated rings. The highest BCUT2D eigenvalue weighted by Crippen LogP contribution is 2.25. The average molecular weight is 234 g/mol. The van der Waals surface area contributed by atoms with E-state index in [1.807, 2.05) is 12.1 Å². The predicted molar refractivity (Wildman–Crippen MR) is 66.2 cm³/mol. The number of hydrogen-bond acceptors (Lipinski definition) is 3. The minimum absolute atomic E-state index is 0.345. The highest BCUT2D eigenvalue weighted by molar-refractivity contribution is 5.87. The summed E-state index contributed by atoms with van der Waals surface area (Å²) in [5.74, 6) is -0.401. The van der Waals surface area contributed by atoms with Gasteiger partial charge in [-0.2, -0.15) is 0 Å². The molecule has 1 heterocycles. The lowest BCUT2D eigenvalue weighted by molar-refractivity contribution is 0.0697. The van der Waals surface area contributed by atoms with Crippen LogP contribution in [0.15, 0.2) is 24.3 Å². The lowest BCUT2D eigenvalue weighted by atomic mass is 9.88. The van der Waals surface area contributed by atoms with Gasteiger partial charge in [0.2, 0.25) is 0 Å². The molecule has 0 aromatic heterocycles. The maximum Gasteiger partial charge on any atom is 0.335 e. The van der Waals surface area contributed by atoms with Crippen molar-refractivity contribution < 1.29 is 9.90 Å². The van der Waals surface area contributed by atoms with Crippen molar-refractivity contribution in [2.24, 2.45) is 5.73 Å². The third-order valence-electron chi connectivity index (χ3n) is 3.43. The van der Waals surface area contributed by atoms with Gasteiger partial charge in [-0.05, 0) is 36.5 Å². The molecule has 0 saturated carbocycles. The van der Waals surface area contributed by atoms with E-state index in [0.29, 0.717) is 24.1 Å². The van der Waals surface area contributed by atoms with Crippen molar-refractivity contribution in [3.63, 3.8) is 0 Å². The van der Waals surface area contributed by atoms with Crippen LogP contribution < -0.4 is 11.1 Å². The van der Waals surface area contributed by atoms with Gasteiger partial charge in [0.25, 0.3) is 0 Å². The molecule has 1 aromatic carbocycles. The van der Waals surface area contributed by atoms with Gasteiger partial charge >= 0.3 is 5.97 Å². The fourth-order valence-corrected chi connectivity index (χ4v) is 2.30. The molecule has 2 atom stereocenters. The zero-order valence-electron chi connectivity index (χ0n) is 9.73. The molecule has 1 saturated heterocycles. The Labute approximate surface area is 101 Å². The van der Waals surface area contributed by atoms with Gasteiger partial charge in [0.05, 0.1) is 5.56 Å². The summed E-state index contributed by atoms with van der Waals surface area (Å²) in [6.45, 7) is 1.61. The van der Waals surface area contributed by atoms with Gasteiger partial charge in [-0.1, -0.05) is 12.1 Å². The molecule has 4 heteroatoms. The molecule has 0 radical (unpaired) electrons. The third kappa shape index (κ3) is 2.84. The monoisotopic (exact) mass is 234 g/mol. The van der Waals surface area contributed by atoms with Crippen LogP contribution in [0.4, 0.5) is 0 Å². The first-order valence-corrected chi connectivity index (χ1v) is 5.97. The van der Waals surface area contributed by atoms with Gasteiger partial charge in [-0.25, -0.2) is 4.79 Å². The number of carbonyl (C=O) groups is 1. The van der Waals surface area contributed by atoms with E-state index in [-0.39, 0.29) is 0 Å². The Kier molecular flexibility index (Phi) is 3.76. The summed E-state index contributed by atoms with van der Waals surface area (Å²) >= 11 is 0. The van der Waals surface area contributed by atoms with E-state index in [1.165, 1.54) is 5.56 Å². The lowest BCUT2D eigenvalue weighted by Gasteiger charge is -2.29. The molecular weight excluding hydrogens is 216 g/mol. The molecule has 0 bridgehead atoms. The Morgan fingerprint density at radius 2 is 2.06 bits per heavy atom. The Balaban J connectivity index is 2.01. The standard InChI is InChI=1S/C13H18N2O2/c14-7-12-6-5-11(8-15-12)9-1-3-10(4-2-9)13(16)17/h1-4,11-12,15H,5-8,14H2,(H,16,17). The van der Waals surface area contributed by atoms with Crippen molar-refractivity contribution >= 4 is 5.97 Å². The number of carboxylic acids is 1. The van der Waals surface area contributed by atoms with Gasteiger partial charge in [-0.15, -0.1) is 0 Å². The molecular formula is C13H18N2O2. The zero-order chi connectivity index (χ0) is 12.3. The predicted octanol–water partition coefficient (Wildman–Crippen LogP) is 1.18. The van der Waals surface area contributed by atoms with Crippen LogP contribution in [-0.4, -0.2) is 30.2 Å². The van der Waals surface area contributed by atoms with Crippen molar-refractivity contribution in [1.29, 1.82) is 0 Å². The van der Waals surface area contributed by atoms with E-state index >= 15 is 0 Å². The summed E-state index contributed by atoms with van der Waals surface area (Å²) in [6.07, 6.45) is 2.20. The normalized spacial score (nSPS) is 24.5. The number of aromatic carboxylic acids is 1. The highest BCUT2D eigenvalue weighted by Gasteiger charge is 2.20. The first-order valence-electron chi connectivity index (χ1n) is 5.97. The quantitative estimate of drug-likeness (QED) is 0.734. The minimum atomic E-state index is -0.874. The van der Waals surface area contributed by atoms with Gasteiger partial charge < -0.3 is 16.2 Å². The fraction of sp³-hybridized carbons (Fsp3) is 0.462. The van der Waals surface area contributed by atoms with Crippen LogP contribution in [0.2, 0.25) is 0 Å². The summed E-state index contributed by atoms with van der Waals surface area (Å²) in [7, 11) is 0. The van der Waals surface area contributed by atoms with E-state index < -0.39 is 5.97 Å². The van der Waals surface area contributed by atoms with Crippen LogP contribution in [0.1, 0.15) is 34.7 Å². The molecule has 0 spiro atoms. The molecule has 4 N–H and O–H groups in total. The molecule has 92 valence electrons. The highest BCUT2D eigenvalue weighted by atomic mass is 16.4. The average Bonchev–Trinajstić information content (AvgIpc) is 2.39. The number of carboxylic acid groups (broad SMARTS) is 1. The van der Waals surface area contributed by atoms with Crippen molar-refractivity contribution in [3.05, 3.63) is 35.4 Å². The van der Waals surface area contributed by atoms with Crippen LogP contribution in [0.3, 0.4) is 0 Å². The molecule has 1 aliphatic heterocycles. The van der Waals surface area contributed by atoms with E-state index in [4.69, 9.17) is 10.8 Å². The lowest BCUT2D eigenvalue weighted by Crippen LogP contribution is -2.42. The van der Waals surface area contributed by atoms with E-state index in [0.717, 1.165) is 19.4 Å². The van der Waals surface area contributed by atoms with Gasteiger partial charge in [-0.3, -0.25) is 0 Å². The first kappa shape index (κ1) is 12.1. The topological polar surface area (TPSA) is 75.4 Å². The molecule has 1 aliphatic rings. The number of piperidine rings is 1. The van der Waals surface area contributed by atoms with Crippen molar-refractivity contribution in [2.45, 2.75) is 24.8 Å². The van der Waals surface area contributed by atoms with Crippen LogP contribution in [0, 0.1) is 0 Å². The van der Waals surface area contributed by atoms with Crippen LogP contribution in [-0.2, 0) is 0 Å². The molecule has 0 amide bonds. The minimum Gasteiger partial charge on any atom is -0.478 e. The summed E-state index contributed by atoms with van der Waals surface area (Å²) < 4.78 is 0. The molecule has 2 rings (SSSR count). The smallest absolute Gasteiger partial charge is 0.335 e. The molecule has 4 nitrogen and oxygen atoms in total. The number of rotatable bonds is 3. The number of benzene rings is 1. The second kappa shape index (κ2) is 5.29. The van der Waals surface area contributed by atoms with Crippen LogP contribution in [0.5, 0.6) is 0 Å². The van der Waals surface area contributed by atoms with Gasteiger partial charge in [0.1, 0.15) is 0 Å². The Morgan fingerprint density at radius 3 is 2.53 bits per heavy atom. The summed E-state index contributed by atoms with van der Waals surface area (Å²) in [5.41, 5.74) is 7.16. The molecule has 2 unspecified atom stereocenters. The molecule has 1 aromatic rings. The van der Waals surface area contributed by atoms with Gasteiger partial charge in [0, 0.05) is 19.1 Å². The summed E-state index contributed by atoms with van der Waals surface area (Å²) in [5, 5.41) is 12.2. The molecule has 0 aliphatic carbocycles. The van der Waals surface area contributed by atoms with Crippen LogP contribution >= 0.6 is 0 Å². The van der Waals surface area contributed by atoms with Crippen molar-refractivity contribution in [1.82, 2.24) is 5.32 Å². The van der Waals surface area contributed by atoms with Crippen molar-refractivity contribution in [3.8, 4) is 0 Å². The first-order chi connectivity index (χ1) is 8.20. The number of hydrogen-bond donors (Lipinski definition) is 3. The Morgan fingerprint density at radius 1 is 1.35 bits per heavy atom. The maximum atomic E-state index is 10.7. The SMILES string of the molecule is NCC1CCC(c2ccc(C(=O)O)cc2)CN1. The maximum absolute atomic E-state index is 10.7. The number of nitrogens with one attached hydrogen (secondary N) is 1.